The first-order valence-electron chi connectivity index (χ1n) is 9.10. The average molecular weight is 389 g/mol. The van der Waals surface area contributed by atoms with Crippen molar-refractivity contribution in [3.63, 3.8) is 0 Å². The van der Waals surface area contributed by atoms with E-state index < -0.39 is 0 Å². The molecule has 146 valence electrons. The largest absolute Gasteiger partial charge is 0.322 e. The van der Waals surface area contributed by atoms with Crippen molar-refractivity contribution in [2.75, 3.05) is 10.6 Å². The maximum absolute atomic E-state index is 12.5. The summed E-state index contributed by atoms with van der Waals surface area (Å²) in [6.45, 7) is 2.19. The van der Waals surface area contributed by atoms with Gasteiger partial charge in [-0.3, -0.25) is 14.7 Å². The molecule has 3 N–H and O–H groups in total. The highest BCUT2D eigenvalue weighted by Gasteiger charge is 2.29. The van der Waals surface area contributed by atoms with Crippen LogP contribution < -0.4 is 10.6 Å². The van der Waals surface area contributed by atoms with Gasteiger partial charge in [0.15, 0.2) is 11.6 Å². The number of H-pyrrole nitrogens is 1. The Kier molecular flexibility index (Phi) is 4.82. The molecule has 0 spiro atoms. The molecule has 3 aromatic rings. The number of hydrogen-bond donors (Lipinski definition) is 3. The molecule has 1 aromatic heterocycles. The quantitative estimate of drug-likeness (QED) is 0.594. The first kappa shape index (κ1) is 18.4. The number of carbonyl (C=O) groups is 3. The smallest absolute Gasteiger partial charge is 0.314 e. The minimum Gasteiger partial charge on any atom is -0.314 e. The molecule has 29 heavy (non-hydrogen) atoms. The van der Waals surface area contributed by atoms with Crippen molar-refractivity contribution < 1.29 is 14.4 Å². The van der Waals surface area contributed by atoms with E-state index in [1.54, 1.807) is 29.2 Å². The fourth-order valence-corrected chi connectivity index (χ4v) is 3.15. The van der Waals surface area contributed by atoms with Gasteiger partial charge in [0, 0.05) is 22.4 Å². The van der Waals surface area contributed by atoms with E-state index in [2.05, 4.69) is 20.8 Å². The average Bonchev–Trinajstić information content (AvgIpc) is 3.31. The minimum absolute atomic E-state index is 0.0593. The highest BCUT2D eigenvalue weighted by molar-refractivity contribution is 6.05. The zero-order valence-corrected chi connectivity index (χ0v) is 15.7. The van der Waals surface area contributed by atoms with Crippen molar-refractivity contribution in [1.82, 2.24) is 15.1 Å². The van der Waals surface area contributed by atoms with E-state index >= 15 is 0 Å². The van der Waals surface area contributed by atoms with E-state index in [1.807, 2.05) is 30.3 Å². The van der Waals surface area contributed by atoms with Gasteiger partial charge in [0.1, 0.15) is 0 Å². The summed E-state index contributed by atoms with van der Waals surface area (Å²) in [4.78, 5) is 38.0. The van der Waals surface area contributed by atoms with E-state index in [0.717, 1.165) is 11.3 Å². The lowest BCUT2D eigenvalue weighted by Gasteiger charge is -2.16. The van der Waals surface area contributed by atoms with Crippen LogP contribution in [0.5, 0.6) is 0 Å². The van der Waals surface area contributed by atoms with Gasteiger partial charge in [-0.25, -0.2) is 4.79 Å². The van der Waals surface area contributed by atoms with E-state index in [-0.39, 0.29) is 17.7 Å². The Hall–Kier alpha value is -3.94. The third-order valence-corrected chi connectivity index (χ3v) is 4.75. The number of amides is 3. The molecule has 2 aromatic carbocycles. The molecule has 0 saturated carbocycles. The van der Waals surface area contributed by atoms with Crippen LogP contribution in [0.25, 0.3) is 0 Å². The van der Waals surface area contributed by atoms with Gasteiger partial charge in [-0.1, -0.05) is 30.3 Å². The van der Waals surface area contributed by atoms with Crippen molar-refractivity contribution in [2.45, 2.75) is 20.0 Å². The van der Waals surface area contributed by atoms with Crippen LogP contribution in [0.3, 0.4) is 0 Å². The minimum atomic E-state index is -0.332. The number of ketones is 1. The molecule has 1 aliphatic rings. The first-order valence-corrected chi connectivity index (χ1v) is 9.10. The zero-order valence-electron chi connectivity index (χ0n) is 15.7. The van der Waals surface area contributed by atoms with E-state index in [4.69, 9.17) is 0 Å². The normalized spacial score (nSPS) is 12.4. The number of hydrogen-bond acceptors (Lipinski definition) is 4. The molecular formula is C21H19N5O3. The van der Waals surface area contributed by atoms with E-state index in [0.29, 0.717) is 35.7 Å². The van der Waals surface area contributed by atoms with Crippen molar-refractivity contribution in [3.05, 3.63) is 77.0 Å². The number of para-hydroxylation sites is 1. The lowest BCUT2D eigenvalue weighted by molar-refractivity contribution is 0.100. The molecule has 2 heterocycles. The third kappa shape index (κ3) is 3.86. The number of fused-ring (bicyclic) bond motifs is 1. The van der Waals surface area contributed by atoms with Crippen LogP contribution in [0.1, 0.15) is 38.9 Å². The van der Waals surface area contributed by atoms with Crippen LogP contribution in [-0.4, -0.2) is 32.8 Å². The molecule has 0 saturated heterocycles. The van der Waals surface area contributed by atoms with Gasteiger partial charge in [0.05, 0.1) is 18.8 Å². The topological polar surface area (TPSA) is 107 Å². The predicted molar refractivity (Wildman–Crippen MR) is 108 cm³/mol. The van der Waals surface area contributed by atoms with Gasteiger partial charge in [-0.2, -0.15) is 5.10 Å². The molecule has 1 aliphatic heterocycles. The summed E-state index contributed by atoms with van der Waals surface area (Å²) < 4.78 is 0. The Morgan fingerprint density at radius 2 is 1.62 bits per heavy atom. The van der Waals surface area contributed by atoms with Crippen LogP contribution in [0.15, 0.2) is 54.6 Å². The summed E-state index contributed by atoms with van der Waals surface area (Å²) in [5, 5.41) is 12.7. The number of nitrogens with one attached hydrogen (secondary N) is 3. The van der Waals surface area contributed by atoms with E-state index in [9.17, 15) is 14.4 Å². The van der Waals surface area contributed by atoms with Gasteiger partial charge in [-0.15, -0.1) is 0 Å². The standard InChI is InChI=1S/C21H19N5O3/c1-13(27)14-7-9-15(10-8-14)20(28)23-19-17-11-26(12-18(17)24-25-19)21(29)22-16-5-3-2-4-6-16/h2-10H,11-12H2,1H3,(H,22,29)(H2,23,24,25,28). The predicted octanol–water partition coefficient (Wildman–Crippen LogP) is 3.41. The van der Waals surface area contributed by atoms with Crippen LogP contribution >= 0.6 is 0 Å². The van der Waals surface area contributed by atoms with Gasteiger partial charge in [-0.05, 0) is 31.2 Å². The molecule has 8 nitrogen and oxygen atoms in total. The number of benzene rings is 2. The van der Waals surface area contributed by atoms with Crippen molar-refractivity contribution in [1.29, 1.82) is 0 Å². The molecule has 0 fully saturated rings. The number of carbonyl (C=O) groups excluding carboxylic acids is 3. The van der Waals surface area contributed by atoms with Gasteiger partial charge in [0.25, 0.3) is 5.91 Å². The molecule has 4 rings (SSSR count). The van der Waals surface area contributed by atoms with Gasteiger partial charge >= 0.3 is 6.03 Å². The molecule has 0 aliphatic carbocycles. The van der Waals surface area contributed by atoms with Gasteiger partial charge < -0.3 is 15.5 Å². The fourth-order valence-electron chi connectivity index (χ4n) is 3.15. The van der Waals surface area contributed by atoms with Crippen molar-refractivity contribution >= 4 is 29.2 Å². The number of nitrogens with zero attached hydrogens (tertiary/aromatic N) is 2. The summed E-state index contributed by atoms with van der Waals surface area (Å²) in [5.41, 5.74) is 3.25. The molecule has 3 amide bonds. The molecule has 0 unspecified atom stereocenters. The van der Waals surface area contributed by atoms with E-state index in [1.165, 1.54) is 6.92 Å². The number of anilines is 2. The summed E-state index contributed by atoms with van der Waals surface area (Å²) in [5.74, 6) is 0.00759. The third-order valence-electron chi connectivity index (χ3n) is 4.75. The molecular weight excluding hydrogens is 370 g/mol. The maximum Gasteiger partial charge on any atom is 0.322 e. The number of rotatable bonds is 4. The Bertz CT molecular complexity index is 1070. The Morgan fingerprint density at radius 1 is 0.931 bits per heavy atom. The summed E-state index contributed by atoms with van der Waals surface area (Å²) in [7, 11) is 0. The molecule has 0 radical (unpaired) electrons. The fraction of sp³-hybridized carbons (Fsp3) is 0.143. The van der Waals surface area contributed by atoms with Crippen molar-refractivity contribution in [3.8, 4) is 0 Å². The Labute approximate surface area is 166 Å². The highest BCUT2D eigenvalue weighted by atomic mass is 16.2. The van der Waals surface area contributed by atoms with Crippen LogP contribution in [0, 0.1) is 0 Å². The summed E-state index contributed by atoms with van der Waals surface area (Å²) in [6.07, 6.45) is 0. The van der Waals surface area contributed by atoms with Crippen LogP contribution in [0.4, 0.5) is 16.3 Å². The Morgan fingerprint density at radius 3 is 2.31 bits per heavy atom. The number of aromatic nitrogens is 2. The second-order valence-corrected chi connectivity index (χ2v) is 6.77. The molecule has 0 atom stereocenters. The second-order valence-electron chi connectivity index (χ2n) is 6.77. The summed E-state index contributed by atoms with van der Waals surface area (Å²) in [6, 6.07) is 15.4. The number of urea groups is 1. The highest BCUT2D eigenvalue weighted by Crippen LogP contribution is 2.28. The van der Waals surface area contributed by atoms with Gasteiger partial charge in [0.2, 0.25) is 0 Å². The maximum atomic E-state index is 12.5. The lowest BCUT2D eigenvalue weighted by atomic mass is 10.1. The number of aromatic amines is 1. The SMILES string of the molecule is CC(=O)c1ccc(C(=O)Nc2n[nH]c3c2CN(C(=O)Nc2ccccc2)C3)cc1. The zero-order chi connectivity index (χ0) is 20.4. The lowest BCUT2D eigenvalue weighted by Crippen LogP contribution is -2.30. The van der Waals surface area contributed by atoms with Crippen molar-refractivity contribution in [2.24, 2.45) is 0 Å². The Balaban J connectivity index is 1.42. The van der Waals surface area contributed by atoms with Crippen LogP contribution in [0.2, 0.25) is 0 Å². The second kappa shape index (κ2) is 7.59. The van der Waals surface area contributed by atoms with Crippen LogP contribution in [-0.2, 0) is 13.1 Å². The molecule has 8 heteroatoms. The molecule has 0 bridgehead atoms. The first-order chi connectivity index (χ1) is 14.0. The number of Topliss-reactive ketones (excluding diaryl/α,β-unsaturated/α-hetero) is 1. The summed E-state index contributed by atoms with van der Waals surface area (Å²) >= 11 is 0. The monoisotopic (exact) mass is 389 g/mol.